The van der Waals surface area contributed by atoms with Crippen molar-refractivity contribution in [2.45, 2.75) is 45.7 Å². The Morgan fingerprint density at radius 1 is 1.50 bits per heavy atom. The summed E-state index contributed by atoms with van der Waals surface area (Å²) in [6.45, 7) is 8.00. The largest absolute Gasteiger partial charge is 0.323 e. The van der Waals surface area contributed by atoms with Gasteiger partial charge in [-0.3, -0.25) is 10.7 Å². The molecule has 0 aromatic rings. The number of rotatable bonds is 1. The first-order valence-corrected chi connectivity index (χ1v) is 4.46. The molecule has 1 fully saturated rings. The quantitative estimate of drug-likeness (QED) is 0.673. The van der Waals surface area contributed by atoms with Gasteiger partial charge in [0.2, 0.25) is 0 Å². The zero-order valence-corrected chi connectivity index (χ0v) is 15.5. The van der Waals surface area contributed by atoms with Crippen LogP contribution in [0.5, 0.6) is 0 Å². The number of nitrogens with zero attached hydrogens (tertiary/aromatic N) is 1. The molecule has 0 N–H and O–H groups in total. The first-order chi connectivity index (χ1) is 5.39. The van der Waals surface area contributed by atoms with Gasteiger partial charge in [-0.05, 0) is 20.9 Å². The van der Waals surface area contributed by atoms with Gasteiger partial charge in [0.15, 0.2) is 0 Å². The maximum atomic E-state index is 11.4. The second-order valence-electron chi connectivity index (χ2n) is 4.14. The number of ketones is 1. The molecule has 1 saturated heterocycles. The molecule has 4 heteroatoms. The molecule has 1 rings (SSSR count). The van der Waals surface area contributed by atoms with Crippen LogP contribution in [-0.2, 0) is 70.2 Å². The summed E-state index contributed by atoms with van der Waals surface area (Å²) in [5.41, 5.74) is -0.247. The number of hydrogen-bond donors (Lipinski definition) is 0. The molecule has 0 aromatic heterocycles. The van der Waals surface area contributed by atoms with Crippen molar-refractivity contribution in [1.29, 1.82) is 0 Å². The predicted molar refractivity (Wildman–Crippen MR) is 49.8 cm³/mol. The molecule has 76 valence electrons. The first kappa shape index (κ1) is 18.2. The summed E-state index contributed by atoms with van der Waals surface area (Å²) in [6.07, 6.45) is 0.917. The minimum atomic E-state index is -0.247. The minimum Gasteiger partial charge on any atom is -0.323 e. The molecule has 0 bridgehead atoms. The van der Waals surface area contributed by atoms with Gasteiger partial charge in [-0.2, -0.15) is 13.3 Å². The molecule has 1 aliphatic rings. The van der Waals surface area contributed by atoms with Crippen LogP contribution < -0.4 is 0 Å². The maximum absolute atomic E-state index is 11.4. The summed E-state index contributed by atoms with van der Waals surface area (Å²) in [6, 6.07) is 0.443. The van der Waals surface area contributed by atoms with Crippen LogP contribution in [0.15, 0.2) is 0 Å². The van der Waals surface area contributed by atoms with Crippen LogP contribution in [0.25, 0.3) is 0 Å². The van der Waals surface area contributed by atoms with E-state index in [1.54, 1.807) is 6.92 Å². The Labute approximate surface area is 138 Å². The number of hydrogen-bond acceptors (Lipinski definition) is 2. The van der Waals surface area contributed by atoms with Crippen molar-refractivity contribution in [2.24, 2.45) is 0 Å². The Kier molecular flexibility index (Phi) is 8.51. The molecule has 0 aromatic carbocycles. The Hall–Kier alpha value is 1.84. The van der Waals surface area contributed by atoms with Gasteiger partial charge in [-0.1, -0.05) is 6.92 Å². The Balaban J connectivity index is 0. The summed E-state index contributed by atoms with van der Waals surface area (Å²) in [5.74, 6) is 1.68. The molecule has 1 heterocycles. The number of likely N-dealkylation sites (N-methyl/N-ethyl adjacent to an activating group) is 1. The van der Waals surface area contributed by atoms with Crippen molar-refractivity contribution in [3.63, 3.8) is 0 Å². The number of carbonyl (C=O) groups excluding carboxylic acids is 1. The van der Waals surface area contributed by atoms with Crippen LogP contribution in [0.2, 0.25) is 0 Å². The van der Waals surface area contributed by atoms with E-state index in [0.717, 1.165) is 6.42 Å². The molecular formula is C10H18NOY2-. The second kappa shape index (κ2) is 6.54. The second-order valence-corrected chi connectivity index (χ2v) is 4.14. The molecule has 2 unspecified atom stereocenters. The minimum absolute atomic E-state index is 0. The summed E-state index contributed by atoms with van der Waals surface area (Å²) < 4.78 is 0. The first-order valence-electron chi connectivity index (χ1n) is 4.46. The molecular weight excluding hydrogens is 328 g/mol. The topological polar surface area (TPSA) is 20.3 Å². The van der Waals surface area contributed by atoms with E-state index in [-0.39, 0.29) is 76.7 Å². The van der Waals surface area contributed by atoms with Gasteiger partial charge in [0.25, 0.3) is 0 Å². The fourth-order valence-electron chi connectivity index (χ4n) is 1.95. The SMILES string of the molecule is CC(=O)C1(C)C[C-](C)C(C)N1C.[Y].[Y]. The number of likely N-dealkylation sites (tertiary alicyclic amines) is 1. The molecule has 0 aliphatic carbocycles. The summed E-state index contributed by atoms with van der Waals surface area (Å²) in [4.78, 5) is 13.6. The van der Waals surface area contributed by atoms with E-state index in [9.17, 15) is 4.79 Å². The van der Waals surface area contributed by atoms with Gasteiger partial charge >= 0.3 is 0 Å². The molecule has 14 heavy (non-hydrogen) atoms. The molecule has 0 saturated carbocycles. The number of carbonyl (C=O) groups is 1. The van der Waals surface area contributed by atoms with E-state index in [0.29, 0.717) is 6.04 Å². The van der Waals surface area contributed by atoms with Gasteiger partial charge in [-0.15, -0.1) is 6.04 Å². The standard InChI is InChI=1S/C10H18NO.2Y/c1-7-6-10(4,9(3)12)11(5)8(7)2;;/h8H,6H2,1-5H3;;/q-1;;. The van der Waals surface area contributed by atoms with Crippen molar-refractivity contribution >= 4 is 5.78 Å². The zero-order valence-electron chi connectivity index (χ0n) is 9.79. The van der Waals surface area contributed by atoms with Gasteiger partial charge < -0.3 is 4.90 Å². The van der Waals surface area contributed by atoms with Crippen molar-refractivity contribution in [2.75, 3.05) is 7.05 Å². The smallest absolute Gasteiger partial charge is 0.147 e. The van der Waals surface area contributed by atoms with E-state index >= 15 is 0 Å². The molecule has 1 aliphatic heterocycles. The van der Waals surface area contributed by atoms with Crippen molar-refractivity contribution in [3.8, 4) is 0 Å². The van der Waals surface area contributed by atoms with Crippen LogP contribution in [0.3, 0.4) is 0 Å². The van der Waals surface area contributed by atoms with E-state index in [1.807, 2.05) is 14.0 Å². The summed E-state index contributed by atoms with van der Waals surface area (Å²) in [7, 11) is 2.03. The van der Waals surface area contributed by atoms with E-state index < -0.39 is 0 Å². The van der Waals surface area contributed by atoms with Gasteiger partial charge in [0.05, 0.1) is 0 Å². The van der Waals surface area contributed by atoms with E-state index in [2.05, 4.69) is 18.7 Å². The predicted octanol–water partition coefficient (Wildman–Crippen LogP) is 1.65. The molecule has 0 amide bonds. The molecule has 2 nitrogen and oxygen atoms in total. The zero-order chi connectivity index (χ0) is 9.52. The Morgan fingerprint density at radius 2 is 1.93 bits per heavy atom. The normalized spacial score (nSPS) is 33.4. The summed E-state index contributed by atoms with van der Waals surface area (Å²) >= 11 is 0. The Bertz CT molecular complexity index is 210. The molecule has 0 spiro atoms. The molecule has 2 atom stereocenters. The van der Waals surface area contributed by atoms with Crippen LogP contribution in [0.4, 0.5) is 0 Å². The van der Waals surface area contributed by atoms with Crippen molar-refractivity contribution in [3.05, 3.63) is 5.92 Å². The number of Topliss-reactive ketones (excluding diaryl/α,β-unsaturated/α-hetero) is 1. The fourth-order valence-corrected chi connectivity index (χ4v) is 1.95. The molecule has 2 radical (unpaired) electrons. The third-order valence-electron chi connectivity index (χ3n) is 3.45. The van der Waals surface area contributed by atoms with Crippen LogP contribution in [-0.4, -0.2) is 29.3 Å². The van der Waals surface area contributed by atoms with Crippen LogP contribution in [0, 0.1) is 5.92 Å². The van der Waals surface area contributed by atoms with Gasteiger partial charge in [0.1, 0.15) is 5.78 Å². The van der Waals surface area contributed by atoms with Crippen molar-refractivity contribution < 1.29 is 70.2 Å². The maximum Gasteiger partial charge on any atom is 0.147 e. The Morgan fingerprint density at radius 3 is 2.07 bits per heavy atom. The third kappa shape index (κ3) is 3.17. The van der Waals surface area contributed by atoms with Gasteiger partial charge in [-0.25, -0.2) is 0 Å². The van der Waals surface area contributed by atoms with E-state index in [1.165, 1.54) is 5.92 Å². The average Bonchev–Trinajstić information content (AvgIpc) is 2.17. The van der Waals surface area contributed by atoms with Gasteiger partial charge in [0, 0.05) is 71.0 Å². The van der Waals surface area contributed by atoms with Crippen LogP contribution >= 0.6 is 0 Å². The van der Waals surface area contributed by atoms with Crippen LogP contribution in [0.1, 0.15) is 34.1 Å². The average molecular weight is 346 g/mol. The van der Waals surface area contributed by atoms with Crippen molar-refractivity contribution in [1.82, 2.24) is 4.90 Å². The summed E-state index contributed by atoms with van der Waals surface area (Å²) in [5, 5.41) is 0. The monoisotopic (exact) mass is 346 g/mol. The fraction of sp³-hybridized carbons (Fsp3) is 0.800. The van der Waals surface area contributed by atoms with E-state index in [4.69, 9.17) is 0 Å². The third-order valence-corrected chi connectivity index (χ3v) is 3.45.